The number of anilines is 1. The quantitative estimate of drug-likeness (QED) is 0.692. The van der Waals surface area contributed by atoms with Crippen molar-refractivity contribution in [3.8, 4) is 11.5 Å². The van der Waals surface area contributed by atoms with Crippen LogP contribution in [0, 0.1) is 5.82 Å². The summed E-state index contributed by atoms with van der Waals surface area (Å²) in [5.74, 6) is -0.295. The monoisotopic (exact) mass is 390 g/mol. The molecule has 0 aliphatic heterocycles. The summed E-state index contributed by atoms with van der Waals surface area (Å²) in [5, 5.41) is 12.4. The second-order valence-electron chi connectivity index (χ2n) is 5.65. The number of urea groups is 1. The maximum absolute atomic E-state index is 12.8. The summed E-state index contributed by atoms with van der Waals surface area (Å²) in [5.41, 5.74) is 1.13. The summed E-state index contributed by atoms with van der Waals surface area (Å²) < 4.78 is 41.4. The highest BCUT2D eigenvalue weighted by atomic mass is 32.2. The summed E-state index contributed by atoms with van der Waals surface area (Å²) in [6.07, 6.45) is 1.10. The van der Waals surface area contributed by atoms with Gasteiger partial charge in [0.15, 0.2) is 9.84 Å². The van der Waals surface area contributed by atoms with E-state index in [-0.39, 0.29) is 29.2 Å². The molecule has 3 aromatic rings. The van der Waals surface area contributed by atoms with Gasteiger partial charge in [-0.25, -0.2) is 17.6 Å². The lowest BCUT2D eigenvalue weighted by atomic mass is 10.2. The number of rotatable bonds is 5. The molecule has 0 fully saturated rings. The summed E-state index contributed by atoms with van der Waals surface area (Å²) in [6.45, 7) is 0.184. The molecule has 2 N–H and O–H groups in total. The van der Waals surface area contributed by atoms with Crippen molar-refractivity contribution in [1.82, 2.24) is 15.5 Å². The number of nitrogens with one attached hydrogen (secondary N) is 2. The number of carbonyl (C=O) groups is 1. The van der Waals surface area contributed by atoms with E-state index in [9.17, 15) is 17.6 Å². The maximum Gasteiger partial charge on any atom is 0.324 e. The van der Waals surface area contributed by atoms with Crippen LogP contribution in [0.5, 0.6) is 0 Å². The van der Waals surface area contributed by atoms with Crippen molar-refractivity contribution in [2.24, 2.45) is 0 Å². The van der Waals surface area contributed by atoms with E-state index in [0.29, 0.717) is 5.56 Å². The molecule has 1 aromatic heterocycles. The van der Waals surface area contributed by atoms with Crippen molar-refractivity contribution >= 4 is 21.9 Å². The van der Waals surface area contributed by atoms with E-state index < -0.39 is 15.9 Å². The zero-order chi connectivity index (χ0) is 19.4. The standard InChI is InChI=1S/C17H15FN4O4S/c1-27(24,25)14-4-2-3-12(9-14)15-21-22-17(26-15)20-16(23)19-10-11-5-7-13(18)8-6-11/h2-9H,10H2,1H3,(H2,19,20,22,23). The SMILES string of the molecule is CS(=O)(=O)c1cccc(-c2nnc(NC(=O)NCc3ccc(F)cc3)o2)c1. The Balaban J connectivity index is 1.64. The molecule has 0 aliphatic carbocycles. The van der Waals surface area contributed by atoms with Crippen LogP contribution in [0.4, 0.5) is 15.2 Å². The minimum Gasteiger partial charge on any atom is -0.403 e. The van der Waals surface area contributed by atoms with E-state index in [0.717, 1.165) is 11.8 Å². The Morgan fingerprint density at radius 1 is 1.15 bits per heavy atom. The van der Waals surface area contributed by atoms with Gasteiger partial charge < -0.3 is 9.73 Å². The van der Waals surface area contributed by atoms with Crippen LogP contribution in [-0.2, 0) is 16.4 Å². The van der Waals surface area contributed by atoms with Crippen LogP contribution in [0.1, 0.15) is 5.56 Å². The van der Waals surface area contributed by atoms with Crippen molar-refractivity contribution in [1.29, 1.82) is 0 Å². The van der Waals surface area contributed by atoms with Crippen molar-refractivity contribution in [3.05, 3.63) is 59.9 Å². The molecule has 2 aromatic carbocycles. The normalized spacial score (nSPS) is 11.2. The molecule has 140 valence electrons. The number of benzene rings is 2. The third-order valence-electron chi connectivity index (χ3n) is 3.52. The summed E-state index contributed by atoms with van der Waals surface area (Å²) in [7, 11) is -3.38. The van der Waals surface area contributed by atoms with Crippen LogP contribution in [0.25, 0.3) is 11.5 Å². The van der Waals surface area contributed by atoms with Gasteiger partial charge in [0.25, 0.3) is 0 Å². The predicted octanol–water partition coefficient (Wildman–Crippen LogP) is 2.60. The lowest BCUT2D eigenvalue weighted by molar-refractivity contribution is 0.251. The second-order valence-corrected chi connectivity index (χ2v) is 7.66. The van der Waals surface area contributed by atoms with Gasteiger partial charge in [-0.15, -0.1) is 5.10 Å². The third-order valence-corrected chi connectivity index (χ3v) is 4.63. The predicted molar refractivity (Wildman–Crippen MR) is 95.1 cm³/mol. The highest BCUT2D eigenvalue weighted by Gasteiger charge is 2.14. The fraction of sp³-hybridized carbons (Fsp3) is 0.118. The molecular formula is C17H15FN4O4S. The van der Waals surface area contributed by atoms with Gasteiger partial charge in [-0.05, 0) is 35.9 Å². The molecule has 0 unspecified atom stereocenters. The highest BCUT2D eigenvalue weighted by molar-refractivity contribution is 7.90. The van der Waals surface area contributed by atoms with Gasteiger partial charge in [-0.2, -0.15) is 0 Å². The van der Waals surface area contributed by atoms with E-state index in [4.69, 9.17) is 4.42 Å². The largest absolute Gasteiger partial charge is 0.403 e. The van der Waals surface area contributed by atoms with Crippen LogP contribution < -0.4 is 10.6 Å². The Morgan fingerprint density at radius 3 is 2.59 bits per heavy atom. The van der Waals surface area contributed by atoms with Gasteiger partial charge in [-0.1, -0.05) is 23.3 Å². The molecule has 0 aliphatic rings. The molecule has 0 saturated heterocycles. The van der Waals surface area contributed by atoms with E-state index in [1.807, 2.05) is 0 Å². The first-order chi connectivity index (χ1) is 12.8. The summed E-state index contributed by atoms with van der Waals surface area (Å²) >= 11 is 0. The average molecular weight is 390 g/mol. The fourth-order valence-corrected chi connectivity index (χ4v) is 2.84. The van der Waals surface area contributed by atoms with E-state index in [1.165, 1.54) is 24.3 Å². The number of hydrogen-bond acceptors (Lipinski definition) is 6. The number of carbonyl (C=O) groups excluding carboxylic acids is 1. The Kier molecular flexibility index (Phi) is 5.17. The van der Waals surface area contributed by atoms with E-state index in [1.54, 1.807) is 24.3 Å². The topological polar surface area (TPSA) is 114 Å². The highest BCUT2D eigenvalue weighted by Crippen LogP contribution is 2.22. The molecule has 0 radical (unpaired) electrons. The van der Waals surface area contributed by atoms with Crippen LogP contribution in [-0.4, -0.2) is 30.9 Å². The zero-order valence-electron chi connectivity index (χ0n) is 14.1. The molecule has 0 spiro atoms. The average Bonchev–Trinajstić information content (AvgIpc) is 3.09. The van der Waals surface area contributed by atoms with Crippen LogP contribution in [0.15, 0.2) is 57.8 Å². The van der Waals surface area contributed by atoms with Crippen molar-refractivity contribution in [2.75, 3.05) is 11.6 Å². The maximum atomic E-state index is 12.8. The number of sulfone groups is 1. The van der Waals surface area contributed by atoms with Gasteiger partial charge in [0.05, 0.1) is 4.90 Å². The molecule has 8 nitrogen and oxygen atoms in total. The molecule has 0 bridgehead atoms. The van der Waals surface area contributed by atoms with Gasteiger partial charge in [0.2, 0.25) is 5.89 Å². The number of halogens is 1. The molecule has 1 heterocycles. The lowest BCUT2D eigenvalue weighted by Crippen LogP contribution is -2.28. The first-order valence-electron chi connectivity index (χ1n) is 7.74. The van der Waals surface area contributed by atoms with E-state index >= 15 is 0 Å². The second kappa shape index (κ2) is 7.54. The Hall–Kier alpha value is -3.27. The van der Waals surface area contributed by atoms with Crippen molar-refractivity contribution in [3.63, 3.8) is 0 Å². The van der Waals surface area contributed by atoms with Crippen LogP contribution >= 0.6 is 0 Å². The van der Waals surface area contributed by atoms with E-state index in [2.05, 4.69) is 20.8 Å². The summed E-state index contributed by atoms with van der Waals surface area (Å²) in [4.78, 5) is 12.0. The van der Waals surface area contributed by atoms with Gasteiger partial charge in [0, 0.05) is 18.4 Å². The van der Waals surface area contributed by atoms with Crippen molar-refractivity contribution < 1.29 is 22.0 Å². The van der Waals surface area contributed by atoms with Gasteiger partial charge in [-0.3, -0.25) is 5.32 Å². The molecular weight excluding hydrogens is 375 g/mol. The molecule has 3 rings (SSSR count). The van der Waals surface area contributed by atoms with Crippen LogP contribution in [0.2, 0.25) is 0 Å². The number of hydrogen-bond donors (Lipinski definition) is 2. The Bertz CT molecular complexity index is 1060. The van der Waals surface area contributed by atoms with Gasteiger partial charge >= 0.3 is 12.0 Å². The minimum atomic E-state index is -3.38. The molecule has 0 saturated carbocycles. The molecule has 0 atom stereocenters. The smallest absolute Gasteiger partial charge is 0.324 e. The lowest BCUT2D eigenvalue weighted by Gasteiger charge is -2.04. The van der Waals surface area contributed by atoms with Gasteiger partial charge in [0.1, 0.15) is 5.82 Å². The zero-order valence-corrected chi connectivity index (χ0v) is 15.0. The first-order valence-corrected chi connectivity index (χ1v) is 9.64. The number of amides is 2. The molecule has 27 heavy (non-hydrogen) atoms. The first kappa shape index (κ1) is 18.5. The Morgan fingerprint density at radius 2 is 1.89 bits per heavy atom. The third kappa shape index (κ3) is 4.88. The number of aromatic nitrogens is 2. The molecule has 2 amide bonds. The van der Waals surface area contributed by atoms with Crippen molar-refractivity contribution in [2.45, 2.75) is 11.4 Å². The summed E-state index contributed by atoms with van der Waals surface area (Å²) in [6, 6.07) is 11.0. The number of nitrogens with zero attached hydrogens (tertiary/aromatic N) is 2. The minimum absolute atomic E-state index is 0.0642. The molecule has 10 heteroatoms. The Labute approximate surface area is 154 Å². The van der Waals surface area contributed by atoms with Crippen LogP contribution in [0.3, 0.4) is 0 Å². The fourth-order valence-electron chi connectivity index (χ4n) is 2.18.